The van der Waals surface area contributed by atoms with Crippen molar-refractivity contribution in [3.8, 4) is 45.3 Å². The molecule has 0 fully saturated rings. The third-order valence-corrected chi connectivity index (χ3v) is 10.5. The van der Waals surface area contributed by atoms with Crippen LogP contribution in [0.2, 0.25) is 0 Å². The van der Waals surface area contributed by atoms with Crippen LogP contribution in [0.15, 0.2) is 152 Å². The Morgan fingerprint density at radius 2 is 1.04 bits per heavy atom. The molecule has 4 heteroatoms. The zero-order valence-corrected chi connectivity index (χ0v) is 28.5. The Morgan fingerprint density at radius 1 is 0.451 bits per heavy atom. The average Bonchev–Trinajstić information content (AvgIpc) is 3.63. The number of fused-ring (bicyclic) bond motifs is 9. The topological polar surface area (TPSA) is 38.7 Å². The second-order valence-corrected chi connectivity index (χ2v) is 13.9. The Labute approximate surface area is 308 Å². The summed E-state index contributed by atoms with van der Waals surface area (Å²) >= 11 is 1.13. The van der Waals surface area contributed by atoms with Gasteiger partial charge in [-0.15, -0.1) is 11.3 Å². The summed E-state index contributed by atoms with van der Waals surface area (Å²) in [6.07, 6.45) is 0. The van der Waals surface area contributed by atoms with Crippen LogP contribution >= 0.6 is 11.3 Å². The number of hydrogen-bond donors (Lipinski definition) is 0. The Balaban J connectivity index is 1.27. The predicted molar refractivity (Wildman–Crippen MR) is 216 cm³/mol. The first-order valence-electron chi connectivity index (χ1n) is 19.8. The zero-order chi connectivity index (χ0) is 39.3. The summed E-state index contributed by atoms with van der Waals surface area (Å²) < 4.78 is 55.8. The largest absolute Gasteiger partial charge is 0.208 e. The molecule has 0 aliphatic carbocycles. The molecule has 0 bridgehead atoms. The molecule has 0 unspecified atom stereocenters. The van der Waals surface area contributed by atoms with Crippen molar-refractivity contribution in [2.75, 3.05) is 0 Å². The summed E-state index contributed by atoms with van der Waals surface area (Å²) in [6.45, 7) is 4.03. The lowest BCUT2D eigenvalue weighted by molar-refractivity contribution is 1.07. The van der Waals surface area contributed by atoms with Crippen LogP contribution in [0, 0.1) is 13.8 Å². The normalized spacial score (nSPS) is 13.4. The third-order valence-electron chi connectivity index (χ3n) is 9.48. The molecule has 2 heterocycles. The summed E-state index contributed by atoms with van der Waals surface area (Å²) in [7, 11) is 0. The van der Waals surface area contributed by atoms with Crippen molar-refractivity contribution >= 4 is 63.8 Å². The lowest BCUT2D eigenvalue weighted by Crippen LogP contribution is -2.00. The van der Waals surface area contributed by atoms with E-state index >= 15 is 0 Å². The van der Waals surface area contributed by atoms with Crippen LogP contribution in [0.5, 0.6) is 0 Å². The Hall–Kier alpha value is -6.23. The molecule has 0 N–H and O–H groups in total. The van der Waals surface area contributed by atoms with Crippen molar-refractivity contribution < 1.29 is 8.22 Å². The molecule has 10 rings (SSSR count). The van der Waals surface area contributed by atoms with E-state index in [1.54, 1.807) is 0 Å². The van der Waals surface area contributed by atoms with Crippen molar-refractivity contribution in [2.45, 2.75) is 13.8 Å². The molecular formula is C47H31N3S. The number of hydrogen-bond acceptors (Lipinski definition) is 4. The molecular weight excluding hydrogens is 639 g/mol. The van der Waals surface area contributed by atoms with Gasteiger partial charge >= 0.3 is 0 Å². The van der Waals surface area contributed by atoms with E-state index in [0.717, 1.165) is 60.5 Å². The average molecular weight is 676 g/mol. The van der Waals surface area contributed by atoms with Crippen LogP contribution < -0.4 is 0 Å². The van der Waals surface area contributed by atoms with E-state index in [1.165, 1.54) is 5.39 Å². The van der Waals surface area contributed by atoms with Crippen LogP contribution in [-0.4, -0.2) is 15.0 Å². The highest BCUT2D eigenvalue weighted by atomic mass is 32.1. The van der Waals surface area contributed by atoms with E-state index in [2.05, 4.69) is 60.7 Å². The van der Waals surface area contributed by atoms with Crippen LogP contribution in [0.1, 0.15) is 19.4 Å². The number of thiophene rings is 1. The van der Waals surface area contributed by atoms with Gasteiger partial charge < -0.3 is 0 Å². The smallest absolute Gasteiger partial charge is 0.164 e. The third kappa shape index (κ3) is 4.99. The van der Waals surface area contributed by atoms with Crippen LogP contribution in [0.25, 0.3) is 97.8 Å². The highest BCUT2D eigenvalue weighted by molar-refractivity contribution is 7.26. The molecule has 0 aliphatic heterocycles. The van der Waals surface area contributed by atoms with Gasteiger partial charge in [0, 0.05) is 36.9 Å². The SMILES string of the molecule is [2H]c1c([2H])c(-c2ccccc2)c2c(sc3c([2H])c(-c4nc(-c5cc(C)cc(C)c5)nc(-c5ccc6c7ccccc7c7ccccc7c6c5)n4)c([2H])c([2H])c32)c1[2H]. The minimum absolute atomic E-state index is 0.0526. The van der Waals surface area contributed by atoms with E-state index in [9.17, 15) is 4.11 Å². The van der Waals surface area contributed by atoms with E-state index in [4.69, 9.17) is 19.1 Å². The maximum absolute atomic E-state index is 9.64. The van der Waals surface area contributed by atoms with Gasteiger partial charge in [-0.05, 0) is 87.6 Å². The lowest BCUT2D eigenvalue weighted by atomic mass is 9.93. The first kappa shape index (κ1) is 24.0. The van der Waals surface area contributed by atoms with E-state index in [0.29, 0.717) is 42.9 Å². The molecule has 8 aromatic carbocycles. The second-order valence-electron chi connectivity index (χ2n) is 12.9. The number of aromatic nitrogens is 3. The molecule has 0 aliphatic rings. The monoisotopic (exact) mass is 675 g/mol. The first-order valence-corrected chi connectivity index (χ1v) is 17.6. The summed E-state index contributed by atoms with van der Waals surface area (Å²) in [4.78, 5) is 15.0. The minimum atomic E-state index is -0.237. The maximum atomic E-state index is 9.64. The maximum Gasteiger partial charge on any atom is 0.164 e. The fourth-order valence-electron chi connectivity index (χ4n) is 7.28. The van der Waals surface area contributed by atoms with Crippen LogP contribution in [0.3, 0.4) is 0 Å². The minimum Gasteiger partial charge on any atom is -0.208 e. The van der Waals surface area contributed by atoms with Gasteiger partial charge in [0.2, 0.25) is 0 Å². The molecule has 240 valence electrons. The van der Waals surface area contributed by atoms with Gasteiger partial charge in [-0.3, -0.25) is 0 Å². The van der Waals surface area contributed by atoms with Crippen molar-refractivity contribution in [2.24, 2.45) is 0 Å². The van der Waals surface area contributed by atoms with Gasteiger partial charge in [-0.1, -0.05) is 132 Å². The van der Waals surface area contributed by atoms with Crippen molar-refractivity contribution in [1.29, 1.82) is 0 Å². The highest BCUT2D eigenvalue weighted by Crippen LogP contribution is 2.42. The Kier molecular flexibility index (Phi) is 5.50. The number of aryl methyl sites for hydroxylation is 2. The lowest BCUT2D eigenvalue weighted by Gasteiger charge is -2.13. The van der Waals surface area contributed by atoms with Gasteiger partial charge in [-0.25, -0.2) is 15.0 Å². The van der Waals surface area contributed by atoms with Gasteiger partial charge in [-0.2, -0.15) is 0 Å². The fraction of sp³-hybridized carbons (Fsp3) is 0.0426. The summed E-state index contributed by atoms with van der Waals surface area (Å²) in [5.41, 5.74) is 4.72. The number of rotatable bonds is 4. The molecule has 10 aromatic rings. The molecule has 0 atom stereocenters. The fourth-order valence-corrected chi connectivity index (χ4v) is 8.30. The van der Waals surface area contributed by atoms with Crippen molar-refractivity contribution in [3.05, 3.63) is 163 Å². The van der Waals surface area contributed by atoms with E-state index < -0.39 is 0 Å². The summed E-state index contributed by atoms with van der Waals surface area (Å²) in [6, 6.07) is 37.3. The quantitative estimate of drug-likeness (QED) is 0.174. The highest BCUT2D eigenvalue weighted by Gasteiger charge is 2.17. The summed E-state index contributed by atoms with van der Waals surface area (Å²) in [5.74, 6) is 0.842. The molecule has 3 nitrogen and oxygen atoms in total. The zero-order valence-electron chi connectivity index (χ0n) is 33.7. The van der Waals surface area contributed by atoms with Gasteiger partial charge in [0.1, 0.15) is 0 Å². The number of nitrogens with zero attached hydrogens (tertiary/aromatic N) is 3. The molecule has 0 radical (unpaired) electrons. The molecule has 0 saturated heterocycles. The molecule has 0 amide bonds. The van der Waals surface area contributed by atoms with Crippen molar-refractivity contribution in [3.63, 3.8) is 0 Å². The molecule has 51 heavy (non-hydrogen) atoms. The first-order chi connectivity index (χ1) is 27.6. The Bertz CT molecular complexity index is 3290. The molecule has 0 spiro atoms. The van der Waals surface area contributed by atoms with Crippen LogP contribution in [0.4, 0.5) is 0 Å². The van der Waals surface area contributed by atoms with E-state index in [1.807, 2.05) is 68.4 Å². The number of benzene rings is 8. The predicted octanol–water partition coefficient (Wildman–Crippen LogP) is 13.0. The molecule has 0 saturated carbocycles. The van der Waals surface area contributed by atoms with Gasteiger partial charge in [0.15, 0.2) is 17.5 Å². The summed E-state index contributed by atoms with van der Waals surface area (Å²) in [5, 5.41) is 7.45. The van der Waals surface area contributed by atoms with E-state index in [-0.39, 0.29) is 47.6 Å². The van der Waals surface area contributed by atoms with Crippen LogP contribution in [-0.2, 0) is 0 Å². The van der Waals surface area contributed by atoms with Crippen molar-refractivity contribution in [1.82, 2.24) is 15.0 Å². The second kappa shape index (κ2) is 11.7. The molecule has 2 aromatic heterocycles. The Morgan fingerprint density at radius 3 is 1.73 bits per heavy atom. The van der Waals surface area contributed by atoms with Gasteiger partial charge in [0.25, 0.3) is 0 Å². The standard InChI is InChI=1S/C47H31N3S/c1-28-23-29(2)25-33(24-28)47-49-45(31-19-21-39-37-15-7-6-13-35(37)36-14-8-9-16-38(36)41(39)26-31)48-46(50-47)32-20-22-40-43(27-32)51-42-18-10-17-34(44(40)42)30-11-4-3-5-12-30/h3-27H,1-2H3/i10D,17D,18D,20D,22D,27D. The van der Waals surface area contributed by atoms with Gasteiger partial charge in [0.05, 0.1) is 8.22 Å².